The van der Waals surface area contributed by atoms with Crippen molar-refractivity contribution in [1.82, 2.24) is 20.0 Å². The fraction of sp³-hybridized carbons (Fsp3) is 0.333. The van der Waals surface area contributed by atoms with Crippen molar-refractivity contribution >= 4 is 23.6 Å². The first-order chi connectivity index (χ1) is 11.6. The molecule has 24 heavy (non-hydrogen) atoms. The molecule has 122 valence electrons. The van der Waals surface area contributed by atoms with E-state index in [9.17, 15) is 0 Å². The fourth-order valence-corrected chi connectivity index (χ4v) is 4.12. The second kappa shape index (κ2) is 6.18. The number of nitrogens with zero attached hydrogens (tertiary/aromatic N) is 4. The molecule has 3 aromatic rings. The van der Waals surface area contributed by atoms with Crippen LogP contribution >= 0.6 is 23.6 Å². The maximum atomic E-state index is 5.57. The summed E-state index contributed by atoms with van der Waals surface area (Å²) in [7, 11) is 0. The molecule has 0 unspecified atom stereocenters. The van der Waals surface area contributed by atoms with Crippen molar-refractivity contribution in [2.45, 2.75) is 39.7 Å². The Bertz CT molecular complexity index is 971. The number of hydrogen-bond acceptors (Lipinski definition) is 5. The Morgan fingerprint density at radius 2 is 1.96 bits per heavy atom. The maximum absolute atomic E-state index is 5.57. The van der Waals surface area contributed by atoms with Gasteiger partial charge >= 0.3 is 0 Å². The lowest BCUT2D eigenvalue weighted by atomic mass is 10.00. The van der Waals surface area contributed by atoms with Gasteiger partial charge in [-0.1, -0.05) is 41.3 Å². The number of hydrogen-bond donors (Lipinski definition) is 0. The van der Waals surface area contributed by atoms with Gasteiger partial charge < -0.3 is 0 Å². The minimum absolute atomic E-state index is 0.582. The third-order valence-electron chi connectivity index (χ3n) is 4.34. The third-order valence-corrected chi connectivity index (χ3v) is 5.49. The normalized spacial score (nSPS) is 13.2. The molecule has 0 amide bonds. The Morgan fingerprint density at radius 3 is 2.75 bits per heavy atom. The van der Waals surface area contributed by atoms with Gasteiger partial charge in [-0.15, -0.1) is 10.2 Å². The molecule has 2 heterocycles. The lowest BCUT2D eigenvalue weighted by Gasteiger charge is -2.12. The van der Waals surface area contributed by atoms with Gasteiger partial charge in [-0.25, -0.2) is 4.68 Å². The van der Waals surface area contributed by atoms with Crippen LogP contribution in [-0.2, 0) is 19.4 Å². The molecule has 0 saturated heterocycles. The van der Waals surface area contributed by atoms with Crippen molar-refractivity contribution in [3.63, 3.8) is 0 Å². The summed E-state index contributed by atoms with van der Waals surface area (Å²) in [6, 6.07) is 8.78. The first-order valence-electron chi connectivity index (χ1n) is 8.10. The van der Waals surface area contributed by atoms with E-state index < -0.39 is 0 Å². The van der Waals surface area contributed by atoms with Crippen LogP contribution in [0.1, 0.15) is 33.1 Å². The van der Waals surface area contributed by atoms with Crippen LogP contribution in [0.2, 0.25) is 0 Å². The monoisotopic (exact) mass is 354 g/mol. The van der Waals surface area contributed by atoms with Crippen molar-refractivity contribution in [2.24, 2.45) is 0 Å². The van der Waals surface area contributed by atoms with Crippen LogP contribution in [0.3, 0.4) is 0 Å². The SMILES string of the molecule is Cc1ccc2c(c1)-c1nn(Cc3nnc(C)s3)c(=S)cc1CCC2. The highest BCUT2D eigenvalue weighted by atomic mass is 32.1. The van der Waals surface area contributed by atoms with Crippen LogP contribution in [0.25, 0.3) is 11.3 Å². The fourth-order valence-electron chi connectivity index (χ4n) is 3.18. The summed E-state index contributed by atoms with van der Waals surface area (Å²) in [5.74, 6) is 0. The minimum Gasteiger partial charge on any atom is -0.247 e. The zero-order valence-electron chi connectivity index (χ0n) is 13.7. The van der Waals surface area contributed by atoms with Gasteiger partial charge in [-0.2, -0.15) is 5.10 Å². The highest BCUT2D eigenvalue weighted by molar-refractivity contribution is 7.71. The number of rotatable bonds is 2. The van der Waals surface area contributed by atoms with Crippen LogP contribution < -0.4 is 0 Å². The molecule has 1 aliphatic rings. The summed E-state index contributed by atoms with van der Waals surface area (Å²) in [4.78, 5) is 0. The van der Waals surface area contributed by atoms with E-state index in [4.69, 9.17) is 17.3 Å². The van der Waals surface area contributed by atoms with Crippen LogP contribution in [0.4, 0.5) is 0 Å². The van der Waals surface area contributed by atoms with E-state index in [0.29, 0.717) is 6.54 Å². The summed E-state index contributed by atoms with van der Waals surface area (Å²) < 4.78 is 2.64. The Balaban J connectivity index is 1.85. The van der Waals surface area contributed by atoms with Gasteiger partial charge in [0, 0.05) is 5.56 Å². The van der Waals surface area contributed by atoms with E-state index in [0.717, 1.165) is 39.6 Å². The average Bonchev–Trinajstić information content (AvgIpc) is 2.88. The van der Waals surface area contributed by atoms with E-state index in [1.54, 1.807) is 11.3 Å². The minimum atomic E-state index is 0.582. The van der Waals surface area contributed by atoms with Gasteiger partial charge in [0.05, 0.1) is 12.2 Å². The quantitative estimate of drug-likeness (QED) is 0.644. The van der Waals surface area contributed by atoms with Crippen LogP contribution in [-0.4, -0.2) is 20.0 Å². The summed E-state index contributed by atoms with van der Waals surface area (Å²) in [6.07, 6.45) is 3.26. The molecular formula is C18H18N4S2. The van der Waals surface area contributed by atoms with Gasteiger partial charge in [-0.05, 0) is 56.4 Å². The van der Waals surface area contributed by atoms with Gasteiger partial charge in [0.25, 0.3) is 0 Å². The molecule has 0 bridgehead atoms. The first kappa shape index (κ1) is 15.6. The van der Waals surface area contributed by atoms with E-state index in [-0.39, 0.29) is 0 Å². The van der Waals surface area contributed by atoms with Gasteiger partial charge in [-0.3, -0.25) is 0 Å². The van der Waals surface area contributed by atoms with Gasteiger partial charge in [0.2, 0.25) is 0 Å². The second-order valence-corrected chi connectivity index (χ2v) is 7.93. The topological polar surface area (TPSA) is 43.6 Å². The van der Waals surface area contributed by atoms with Crippen LogP contribution in [0.5, 0.6) is 0 Å². The predicted molar refractivity (Wildman–Crippen MR) is 99.0 cm³/mol. The van der Waals surface area contributed by atoms with Gasteiger partial charge in [0.1, 0.15) is 14.7 Å². The van der Waals surface area contributed by atoms with Crippen molar-refractivity contribution in [3.8, 4) is 11.3 Å². The molecule has 6 heteroatoms. The number of fused-ring (bicyclic) bond motifs is 3. The van der Waals surface area contributed by atoms with E-state index in [2.05, 4.69) is 41.4 Å². The van der Waals surface area contributed by atoms with Crippen LogP contribution in [0.15, 0.2) is 24.3 Å². The summed E-state index contributed by atoms with van der Waals surface area (Å²) in [5.41, 5.74) is 6.22. The zero-order valence-corrected chi connectivity index (χ0v) is 15.4. The second-order valence-electron chi connectivity index (χ2n) is 6.24. The Kier molecular flexibility index (Phi) is 4.02. The molecule has 0 atom stereocenters. The van der Waals surface area contributed by atoms with E-state index >= 15 is 0 Å². The smallest absolute Gasteiger partial charge is 0.139 e. The molecule has 1 aromatic carbocycles. The Hall–Kier alpha value is -1.92. The molecule has 0 radical (unpaired) electrons. The molecule has 4 nitrogen and oxygen atoms in total. The zero-order chi connectivity index (χ0) is 16.7. The highest BCUT2D eigenvalue weighted by Crippen LogP contribution is 2.31. The molecule has 0 N–H and O–H groups in total. The molecule has 4 rings (SSSR count). The molecule has 1 aliphatic carbocycles. The number of aromatic nitrogens is 4. The summed E-state index contributed by atoms with van der Waals surface area (Å²) >= 11 is 7.16. The third kappa shape index (κ3) is 2.91. The summed E-state index contributed by atoms with van der Waals surface area (Å²) in [6.45, 7) is 4.67. The Morgan fingerprint density at radius 1 is 1.12 bits per heavy atom. The largest absolute Gasteiger partial charge is 0.247 e. The standard InChI is InChI=1S/C18H18N4S2/c1-11-6-7-13-4-3-5-14-9-17(23)22(21-18(14)15(13)8-11)10-16-20-19-12(2)24-16/h6-9H,3-5,10H2,1-2H3. The van der Waals surface area contributed by atoms with Crippen molar-refractivity contribution in [3.05, 3.63) is 55.6 Å². The Labute approximate surface area is 150 Å². The average molecular weight is 355 g/mol. The lowest BCUT2D eigenvalue weighted by Crippen LogP contribution is -2.09. The van der Waals surface area contributed by atoms with Crippen molar-refractivity contribution in [2.75, 3.05) is 0 Å². The van der Waals surface area contributed by atoms with E-state index in [1.165, 1.54) is 22.3 Å². The molecule has 0 fully saturated rings. The maximum Gasteiger partial charge on any atom is 0.139 e. The lowest BCUT2D eigenvalue weighted by molar-refractivity contribution is 0.645. The molecule has 0 saturated carbocycles. The number of benzene rings is 1. The van der Waals surface area contributed by atoms with Crippen molar-refractivity contribution < 1.29 is 0 Å². The molecule has 0 spiro atoms. The van der Waals surface area contributed by atoms with Crippen LogP contribution in [0, 0.1) is 18.5 Å². The first-order valence-corrected chi connectivity index (χ1v) is 9.32. The van der Waals surface area contributed by atoms with E-state index in [1.807, 2.05) is 11.6 Å². The number of aryl methyl sites for hydroxylation is 4. The predicted octanol–water partition coefficient (Wildman–Crippen LogP) is 4.28. The summed E-state index contributed by atoms with van der Waals surface area (Å²) in [5, 5.41) is 15.1. The molecular weight excluding hydrogens is 336 g/mol. The van der Waals surface area contributed by atoms with Gasteiger partial charge in [0.15, 0.2) is 0 Å². The molecule has 2 aromatic heterocycles. The van der Waals surface area contributed by atoms with Crippen molar-refractivity contribution in [1.29, 1.82) is 0 Å². The molecule has 0 aliphatic heterocycles. The highest BCUT2D eigenvalue weighted by Gasteiger charge is 2.17.